The van der Waals surface area contributed by atoms with Crippen LogP contribution in [0.25, 0.3) is 0 Å². The number of anilines is 1. The molecule has 1 atom stereocenters. The van der Waals surface area contributed by atoms with Gasteiger partial charge in [-0.3, -0.25) is 14.4 Å². The molecule has 3 rings (SSSR count). The Hall–Kier alpha value is -2.07. The van der Waals surface area contributed by atoms with Gasteiger partial charge in [0.05, 0.1) is 5.75 Å². The first-order valence-electron chi connectivity index (χ1n) is 13.0. The number of carbonyl (C=O) groups excluding carboxylic acids is 3. The first-order chi connectivity index (χ1) is 17.3. The molecule has 1 aromatic rings. The van der Waals surface area contributed by atoms with Gasteiger partial charge in [0, 0.05) is 71.3 Å². The van der Waals surface area contributed by atoms with Gasteiger partial charge >= 0.3 is 0 Å². The van der Waals surface area contributed by atoms with Crippen molar-refractivity contribution in [3.8, 4) is 0 Å². The third-order valence-electron chi connectivity index (χ3n) is 6.83. The van der Waals surface area contributed by atoms with E-state index in [1.165, 1.54) is 31.0 Å². The van der Waals surface area contributed by atoms with Crippen molar-refractivity contribution in [3.63, 3.8) is 0 Å². The molecule has 3 heterocycles. The summed E-state index contributed by atoms with van der Waals surface area (Å²) in [5.41, 5.74) is 0. The molecule has 2 saturated heterocycles. The van der Waals surface area contributed by atoms with E-state index in [0.717, 1.165) is 18.7 Å². The van der Waals surface area contributed by atoms with Crippen LogP contribution in [0.4, 0.5) is 5.82 Å². The fourth-order valence-electron chi connectivity index (χ4n) is 4.66. The Labute approximate surface area is 223 Å². The van der Waals surface area contributed by atoms with Crippen LogP contribution < -0.4 is 4.90 Å². The van der Waals surface area contributed by atoms with Crippen LogP contribution in [0.1, 0.15) is 59.3 Å². The maximum atomic E-state index is 12.7. The first kappa shape index (κ1) is 28.5. The molecule has 0 saturated carbocycles. The van der Waals surface area contributed by atoms with E-state index >= 15 is 0 Å². The lowest BCUT2D eigenvalue weighted by Crippen LogP contribution is -2.54. The molecule has 0 N–H and O–H groups in total. The Morgan fingerprint density at radius 2 is 1.67 bits per heavy atom. The van der Waals surface area contributed by atoms with Crippen LogP contribution in [-0.4, -0.2) is 100.0 Å². The Bertz CT molecular complexity index is 912. The largest absolute Gasteiger partial charge is 0.353 e. The molecule has 1 aromatic heterocycles. The van der Waals surface area contributed by atoms with E-state index in [9.17, 15) is 14.4 Å². The second-order valence-electron chi connectivity index (χ2n) is 9.55. The number of piperazine rings is 2. The fraction of sp³-hybridized carbons (Fsp3) is 0.720. The summed E-state index contributed by atoms with van der Waals surface area (Å²) >= 11 is 7.57. The van der Waals surface area contributed by atoms with E-state index in [1.54, 1.807) is 22.8 Å². The molecule has 11 heteroatoms. The number of hydrogen-bond donors (Lipinski definition) is 0. The molecular formula is C25H39ClN6O3S. The van der Waals surface area contributed by atoms with Crippen molar-refractivity contribution in [1.29, 1.82) is 0 Å². The summed E-state index contributed by atoms with van der Waals surface area (Å²) in [5, 5.41) is 0.801. The lowest BCUT2D eigenvalue weighted by Gasteiger charge is -2.40. The van der Waals surface area contributed by atoms with Crippen LogP contribution in [0.15, 0.2) is 11.2 Å². The molecule has 0 radical (unpaired) electrons. The average Bonchev–Trinajstić information content (AvgIpc) is 2.86. The second kappa shape index (κ2) is 14.0. The molecule has 0 spiro atoms. The van der Waals surface area contributed by atoms with Crippen LogP contribution >= 0.6 is 23.4 Å². The van der Waals surface area contributed by atoms with E-state index in [1.807, 2.05) is 4.90 Å². The van der Waals surface area contributed by atoms with Gasteiger partial charge in [-0.25, -0.2) is 9.97 Å². The van der Waals surface area contributed by atoms with Crippen molar-refractivity contribution in [2.45, 2.75) is 70.5 Å². The molecular weight excluding hydrogens is 500 g/mol. The Morgan fingerprint density at radius 1 is 0.972 bits per heavy atom. The Balaban J connectivity index is 1.49. The van der Waals surface area contributed by atoms with E-state index in [-0.39, 0.29) is 29.5 Å². The van der Waals surface area contributed by atoms with Crippen LogP contribution in [0.3, 0.4) is 0 Å². The van der Waals surface area contributed by atoms with Crippen LogP contribution in [-0.2, 0) is 14.4 Å². The van der Waals surface area contributed by atoms with E-state index in [4.69, 9.17) is 11.6 Å². The molecule has 2 aliphatic rings. The summed E-state index contributed by atoms with van der Waals surface area (Å²) in [6, 6.07) is 1.83. The van der Waals surface area contributed by atoms with Gasteiger partial charge in [-0.1, -0.05) is 56.0 Å². The zero-order valence-corrected chi connectivity index (χ0v) is 23.3. The highest BCUT2D eigenvalue weighted by molar-refractivity contribution is 7.99. The normalized spacial score (nSPS) is 18.5. The molecule has 0 aromatic carbocycles. The molecule has 200 valence electrons. The maximum Gasteiger partial charge on any atom is 0.233 e. The van der Waals surface area contributed by atoms with Crippen molar-refractivity contribution in [2.75, 3.05) is 56.5 Å². The summed E-state index contributed by atoms with van der Waals surface area (Å²) in [5.74, 6) is 1.22. The van der Waals surface area contributed by atoms with E-state index < -0.39 is 0 Å². The van der Waals surface area contributed by atoms with E-state index in [0.29, 0.717) is 62.5 Å². The van der Waals surface area contributed by atoms with Crippen LogP contribution in [0.2, 0.25) is 5.15 Å². The SMILES string of the molecule is CCCCCCCC(=O)N1CCN(c2cc(Cl)nc(SCC(=O)N3CCN(C(C)=O)CC3)n2)CC1C. The summed E-state index contributed by atoms with van der Waals surface area (Å²) in [6.45, 7) is 10.0. The average molecular weight is 539 g/mol. The van der Waals surface area contributed by atoms with Crippen LogP contribution in [0.5, 0.6) is 0 Å². The Morgan fingerprint density at radius 3 is 2.33 bits per heavy atom. The van der Waals surface area contributed by atoms with Crippen molar-refractivity contribution in [2.24, 2.45) is 0 Å². The minimum absolute atomic E-state index is 0.00349. The number of unbranched alkanes of at least 4 members (excludes halogenated alkanes) is 4. The predicted molar refractivity (Wildman–Crippen MR) is 143 cm³/mol. The van der Waals surface area contributed by atoms with Gasteiger partial charge in [0.1, 0.15) is 11.0 Å². The van der Waals surface area contributed by atoms with Crippen molar-refractivity contribution < 1.29 is 14.4 Å². The number of nitrogens with zero attached hydrogens (tertiary/aromatic N) is 6. The number of carbonyl (C=O) groups is 3. The molecule has 0 bridgehead atoms. The smallest absolute Gasteiger partial charge is 0.233 e. The van der Waals surface area contributed by atoms with Crippen molar-refractivity contribution in [1.82, 2.24) is 24.7 Å². The minimum atomic E-state index is 0.00349. The highest BCUT2D eigenvalue weighted by Gasteiger charge is 2.28. The lowest BCUT2D eigenvalue weighted by atomic mass is 10.1. The second-order valence-corrected chi connectivity index (χ2v) is 10.9. The van der Waals surface area contributed by atoms with Crippen molar-refractivity contribution >= 4 is 46.9 Å². The lowest BCUT2D eigenvalue weighted by molar-refractivity contribution is -0.136. The number of aromatic nitrogens is 2. The third-order valence-corrected chi connectivity index (χ3v) is 7.86. The molecule has 2 fully saturated rings. The van der Waals surface area contributed by atoms with Gasteiger partial charge in [-0.15, -0.1) is 0 Å². The highest BCUT2D eigenvalue weighted by atomic mass is 35.5. The predicted octanol–water partition coefficient (Wildman–Crippen LogP) is 3.31. The summed E-state index contributed by atoms with van der Waals surface area (Å²) in [6.07, 6.45) is 6.33. The summed E-state index contributed by atoms with van der Waals surface area (Å²) in [4.78, 5) is 53.5. The zero-order chi connectivity index (χ0) is 26.1. The monoisotopic (exact) mass is 538 g/mol. The highest BCUT2D eigenvalue weighted by Crippen LogP contribution is 2.25. The molecule has 1 unspecified atom stereocenters. The quantitative estimate of drug-likeness (QED) is 0.195. The first-order valence-corrected chi connectivity index (χ1v) is 14.4. The maximum absolute atomic E-state index is 12.7. The molecule has 9 nitrogen and oxygen atoms in total. The third kappa shape index (κ3) is 8.23. The van der Waals surface area contributed by atoms with Gasteiger partial charge < -0.3 is 19.6 Å². The standard InChI is InChI=1S/C25H39ClN6O3S/c1-4-5-6-7-8-9-23(34)32-15-14-31(17-19(32)2)22-16-21(26)27-25(28-22)36-18-24(35)30-12-10-29(11-13-30)20(3)33/h16,19H,4-15,17-18H2,1-3H3. The topological polar surface area (TPSA) is 90.0 Å². The number of hydrogen-bond acceptors (Lipinski definition) is 7. The minimum Gasteiger partial charge on any atom is -0.353 e. The molecule has 36 heavy (non-hydrogen) atoms. The van der Waals surface area contributed by atoms with Gasteiger partial charge in [-0.2, -0.15) is 0 Å². The number of thioether (sulfide) groups is 1. The Kier molecular flexibility index (Phi) is 11.1. The van der Waals surface area contributed by atoms with Gasteiger partial charge in [0.25, 0.3) is 0 Å². The fourth-order valence-corrected chi connectivity index (χ4v) is 5.64. The molecule has 0 aliphatic carbocycles. The van der Waals surface area contributed by atoms with Crippen LogP contribution in [0, 0.1) is 0 Å². The zero-order valence-electron chi connectivity index (χ0n) is 21.7. The van der Waals surface area contributed by atoms with Gasteiger partial charge in [0.15, 0.2) is 5.16 Å². The van der Waals surface area contributed by atoms with E-state index in [2.05, 4.69) is 28.7 Å². The number of amides is 3. The molecule has 2 aliphatic heterocycles. The van der Waals surface area contributed by atoms with Gasteiger partial charge in [-0.05, 0) is 13.3 Å². The summed E-state index contributed by atoms with van der Waals surface area (Å²) < 4.78 is 0. The molecule has 3 amide bonds. The van der Waals surface area contributed by atoms with Gasteiger partial charge in [0.2, 0.25) is 17.7 Å². The number of halogens is 1. The number of rotatable bonds is 10. The summed E-state index contributed by atoms with van der Waals surface area (Å²) in [7, 11) is 0. The van der Waals surface area contributed by atoms with Crippen molar-refractivity contribution in [3.05, 3.63) is 11.2 Å².